The second kappa shape index (κ2) is 10.4. The summed E-state index contributed by atoms with van der Waals surface area (Å²) in [6, 6.07) is 23.4. The molecule has 32 heavy (non-hydrogen) atoms. The Kier molecular flexibility index (Phi) is 7.17. The third kappa shape index (κ3) is 5.17. The zero-order valence-electron chi connectivity index (χ0n) is 18.3. The van der Waals surface area contributed by atoms with Gasteiger partial charge in [0, 0.05) is 18.4 Å². The summed E-state index contributed by atoms with van der Waals surface area (Å²) in [5.74, 6) is -0.947. The highest BCUT2D eigenvalue weighted by atomic mass is 16.3. The monoisotopic (exact) mass is 430 g/mol. The molecule has 0 radical (unpaired) electrons. The molecule has 1 fully saturated rings. The van der Waals surface area contributed by atoms with Crippen LogP contribution in [-0.4, -0.2) is 42.8 Å². The number of benzene rings is 2. The van der Waals surface area contributed by atoms with Gasteiger partial charge in [0.15, 0.2) is 0 Å². The van der Waals surface area contributed by atoms with E-state index in [0.717, 1.165) is 44.5 Å². The van der Waals surface area contributed by atoms with Crippen LogP contribution in [-0.2, 0) is 21.4 Å². The van der Waals surface area contributed by atoms with E-state index in [1.807, 2.05) is 0 Å². The van der Waals surface area contributed by atoms with E-state index in [-0.39, 0.29) is 11.8 Å². The van der Waals surface area contributed by atoms with Crippen LogP contribution in [0.1, 0.15) is 36.0 Å². The van der Waals surface area contributed by atoms with Crippen molar-refractivity contribution < 1.29 is 14.0 Å². The van der Waals surface area contributed by atoms with Crippen LogP contribution < -0.4 is 5.32 Å². The smallest absolute Gasteiger partial charge is 0.287 e. The van der Waals surface area contributed by atoms with Crippen molar-refractivity contribution in [1.82, 2.24) is 10.2 Å². The highest BCUT2D eigenvalue weighted by Crippen LogP contribution is 2.41. The number of amides is 1. The molecular formula is C27H30N2O3. The van der Waals surface area contributed by atoms with Crippen LogP contribution in [0, 0.1) is 0 Å². The Hall–Kier alpha value is -3.18. The molecule has 3 aromatic rings. The van der Waals surface area contributed by atoms with E-state index in [1.165, 1.54) is 23.7 Å². The van der Waals surface area contributed by atoms with Gasteiger partial charge in [-0.25, -0.2) is 0 Å². The topological polar surface area (TPSA) is 62.6 Å². The number of hydrogen-bond donors (Lipinski definition) is 1. The van der Waals surface area contributed by atoms with Crippen LogP contribution in [0.25, 0.3) is 0 Å². The number of carbonyl (C=O) groups is 2. The number of hydrogen-bond acceptors (Lipinski definition) is 4. The van der Waals surface area contributed by atoms with E-state index in [1.54, 1.807) is 6.07 Å². The average molecular weight is 431 g/mol. The van der Waals surface area contributed by atoms with Crippen LogP contribution >= 0.6 is 0 Å². The lowest BCUT2D eigenvalue weighted by Gasteiger charge is -2.43. The number of carbonyl (C=O) groups excluding carboxylic acids is 2. The first-order valence-corrected chi connectivity index (χ1v) is 11.3. The number of ketones is 1. The molecule has 0 aliphatic carbocycles. The molecule has 0 spiro atoms. The highest BCUT2D eigenvalue weighted by molar-refractivity contribution is 6.36. The van der Waals surface area contributed by atoms with Crippen molar-refractivity contribution in [3.8, 4) is 0 Å². The van der Waals surface area contributed by atoms with Gasteiger partial charge in [-0.05, 0) is 61.7 Å². The first kappa shape index (κ1) is 22.0. The van der Waals surface area contributed by atoms with E-state index in [4.69, 9.17) is 4.42 Å². The van der Waals surface area contributed by atoms with Crippen LogP contribution in [0.2, 0.25) is 0 Å². The normalized spacial score (nSPS) is 15.9. The van der Waals surface area contributed by atoms with Gasteiger partial charge >= 0.3 is 0 Å². The van der Waals surface area contributed by atoms with Gasteiger partial charge in [-0.2, -0.15) is 0 Å². The molecule has 1 saturated heterocycles. The van der Waals surface area contributed by atoms with Gasteiger partial charge in [-0.15, -0.1) is 0 Å². The Labute approximate surface area is 189 Å². The number of piperidine rings is 1. The number of likely N-dealkylation sites (tertiary alicyclic amines) is 1. The predicted octanol–water partition coefficient (Wildman–Crippen LogP) is 3.98. The van der Waals surface area contributed by atoms with E-state index in [9.17, 15) is 9.59 Å². The second-order valence-electron chi connectivity index (χ2n) is 8.50. The fourth-order valence-electron chi connectivity index (χ4n) is 4.68. The summed E-state index contributed by atoms with van der Waals surface area (Å²) in [5.41, 5.74) is 3.54. The van der Waals surface area contributed by atoms with Crippen molar-refractivity contribution in [3.63, 3.8) is 0 Å². The van der Waals surface area contributed by atoms with E-state index in [2.05, 4.69) is 70.9 Å². The predicted molar refractivity (Wildman–Crippen MR) is 124 cm³/mol. The minimum absolute atomic E-state index is 0.0484. The number of rotatable bonds is 9. The lowest BCUT2D eigenvalue weighted by molar-refractivity contribution is -0.137. The van der Waals surface area contributed by atoms with Gasteiger partial charge in [0.25, 0.3) is 5.91 Å². The van der Waals surface area contributed by atoms with E-state index < -0.39 is 11.7 Å². The lowest BCUT2D eigenvalue weighted by atomic mass is 9.68. The molecule has 1 amide bonds. The summed E-state index contributed by atoms with van der Waals surface area (Å²) >= 11 is 0. The van der Waals surface area contributed by atoms with Crippen LogP contribution in [0.4, 0.5) is 0 Å². The molecule has 0 unspecified atom stereocenters. The molecular weight excluding hydrogens is 400 g/mol. The van der Waals surface area contributed by atoms with Gasteiger partial charge in [0.2, 0.25) is 5.78 Å². The molecule has 4 rings (SSSR count). The first-order chi connectivity index (χ1) is 15.7. The van der Waals surface area contributed by atoms with Gasteiger partial charge in [-0.1, -0.05) is 60.7 Å². The quantitative estimate of drug-likeness (QED) is 0.412. The maximum atomic E-state index is 12.0. The third-order valence-electron chi connectivity index (χ3n) is 6.50. The van der Waals surface area contributed by atoms with Gasteiger partial charge in [0.05, 0.1) is 12.5 Å². The van der Waals surface area contributed by atoms with Crippen molar-refractivity contribution in [3.05, 3.63) is 95.9 Å². The molecule has 1 N–H and O–H groups in total. The summed E-state index contributed by atoms with van der Waals surface area (Å²) in [5, 5.41) is 2.76. The lowest BCUT2D eigenvalue weighted by Crippen LogP contribution is -2.44. The summed E-state index contributed by atoms with van der Waals surface area (Å²) in [4.78, 5) is 26.5. The van der Waals surface area contributed by atoms with Gasteiger partial charge in [-0.3, -0.25) is 9.59 Å². The largest absolute Gasteiger partial charge is 0.472 e. The van der Waals surface area contributed by atoms with Gasteiger partial charge in [0.1, 0.15) is 0 Å². The third-order valence-corrected chi connectivity index (χ3v) is 6.50. The Morgan fingerprint density at radius 1 is 0.906 bits per heavy atom. The van der Waals surface area contributed by atoms with E-state index >= 15 is 0 Å². The van der Waals surface area contributed by atoms with Crippen molar-refractivity contribution in [1.29, 1.82) is 0 Å². The maximum Gasteiger partial charge on any atom is 0.287 e. The van der Waals surface area contributed by atoms with Gasteiger partial charge < -0.3 is 14.6 Å². The maximum absolute atomic E-state index is 12.0. The SMILES string of the molecule is O=C(Cc1ccoc1)C(=O)NCCCN1CCC(c2ccccc2)(c2ccccc2)CC1. The first-order valence-electron chi connectivity index (χ1n) is 11.3. The number of nitrogens with zero attached hydrogens (tertiary/aromatic N) is 1. The minimum atomic E-state index is -0.517. The second-order valence-corrected chi connectivity index (χ2v) is 8.50. The zero-order valence-corrected chi connectivity index (χ0v) is 18.3. The summed E-state index contributed by atoms with van der Waals surface area (Å²) in [7, 11) is 0. The van der Waals surface area contributed by atoms with Crippen molar-refractivity contribution in [2.24, 2.45) is 0 Å². The molecule has 1 aliphatic rings. The molecule has 1 aromatic heterocycles. The molecule has 5 heteroatoms. The zero-order chi connectivity index (χ0) is 22.2. The van der Waals surface area contributed by atoms with Crippen LogP contribution in [0.3, 0.4) is 0 Å². The summed E-state index contributed by atoms with van der Waals surface area (Å²) in [6.45, 7) is 3.44. The molecule has 2 heterocycles. The minimum Gasteiger partial charge on any atom is -0.472 e. The molecule has 0 saturated carbocycles. The standard InChI is InChI=1S/C27H30N2O3/c30-25(20-22-12-19-32-21-22)26(31)28-15-7-16-29-17-13-27(14-18-29,23-8-3-1-4-9-23)24-10-5-2-6-11-24/h1-6,8-12,19,21H,7,13-18,20H2,(H,28,31). The summed E-state index contributed by atoms with van der Waals surface area (Å²) in [6.07, 6.45) is 6.03. The Morgan fingerprint density at radius 2 is 1.53 bits per heavy atom. The molecule has 166 valence electrons. The Bertz CT molecular complexity index is 950. The average Bonchev–Trinajstić information content (AvgIpc) is 3.36. The number of furan rings is 1. The van der Waals surface area contributed by atoms with E-state index in [0.29, 0.717) is 6.54 Å². The van der Waals surface area contributed by atoms with Crippen LogP contribution in [0.15, 0.2) is 83.7 Å². The molecule has 1 aliphatic heterocycles. The van der Waals surface area contributed by atoms with Crippen molar-refractivity contribution in [2.45, 2.75) is 31.1 Å². The fraction of sp³-hybridized carbons (Fsp3) is 0.333. The van der Waals surface area contributed by atoms with Crippen molar-refractivity contribution >= 4 is 11.7 Å². The molecule has 0 bridgehead atoms. The fourth-order valence-corrected chi connectivity index (χ4v) is 4.68. The van der Waals surface area contributed by atoms with Crippen LogP contribution in [0.5, 0.6) is 0 Å². The Balaban J connectivity index is 1.26. The highest BCUT2D eigenvalue weighted by Gasteiger charge is 2.37. The summed E-state index contributed by atoms with van der Waals surface area (Å²) < 4.78 is 4.94. The Morgan fingerprint density at radius 3 is 2.09 bits per heavy atom. The van der Waals surface area contributed by atoms with Crippen molar-refractivity contribution in [2.75, 3.05) is 26.2 Å². The molecule has 5 nitrogen and oxygen atoms in total. The number of Topliss-reactive ketones (excluding diaryl/α,β-unsaturated/α-hetero) is 1. The molecule has 2 aromatic carbocycles. The number of nitrogens with one attached hydrogen (secondary N) is 1. The molecule has 0 atom stereocenters.